The first kappa shape index (κ1) is 10.5. The van der Waals surface area contributed by atoms with Crippen molar-refractivity contribution >= 4 is 12.1 Å². The molecule has 14 heavy (non-hydrogen) atoms. The monoisotopic (exact) mass is 200 g/mol. The number of nitrogens with zero attached hydrogens (tertiary/aromatic N) is 1. The lowest BCUT2D eigenvalue weighted by Gasteiger charge is -2.15. The molecule has 0 aromatic heterocycles. The van der Waals surface area contributed by atoms with Crippen LogP contribution in [0.25, 0.3) is 0 Å². The van der Waals surface area contributed by atoms with Crippen LogP contribution in [-0.2, 0) is 9.53 Å². The van der Waals surface area contributed by atoms with Gasteiger partial charge < -0.3 is 9.84 Å². The van der Waals surface area contributed by atoms with Crippen LogP contribution >= 0.6 is 0 Å². The maximum atomic E-state index is 11.2. The van der Waals surface area contributed by atoms with Gasteiger partial charge in [0.05, 0.1) is 0 Å². The van der Waals surface area contributed by atoms with Crippen molar-refractivity contribution in [2.24, 2.45) is 0 Å². The number of carbonyl (C=O) groups is 2. The molecule has 0 aromatic rings. The fourth-order valence-electron chi connectivity index (χ4n) is 1.11. The molecule has 78 valence electrons. The highest BCUT2D eigenvalue weighted by molar-refractivity contribution is 5.75. The summed E-state index contributed by atoms with van der Waals surface area (Å²) in [6.45, 7) is 3.85. The van der Waals surface area contributed by atoms with Crippen LogP contribution in [0.1, 0.15) is 6.42 Å². The first-order valence-electron chi connectivity index (χ1n) is 4.19. The van der Waals surface area contributed by atoms with Crippen molar-refractivity contribution in [1.29, 1.82) is 0 Å². The third-order valence-electron chi connectivity index (χ3n) is 1.80. The number of hydrogen-bond acceptors (Lipinski definition) is 4. The van der Waals surface area contributed by atoms with Gasteiger partial charge in [-0.1, -0.05) is 12.7 Å². The van der Waals surface area contributed by atoms with Crippen molar-refractivity contribution in [3.8, 4) is 0 Å². The van der Waals surface area contributed by atoms with Crippen LogP contribution < -0.4 is 5.43 Å². The smallest absolute Gasteiger partial charge is 0.424 e. The van der Waals surface area contributed by atoms with E-state index in [9.17, 15) is 9.59 Å². The highest BCUT2D eigenvalue weighted by Gasteiger charge is 2.30. The molecule has 1 atom stereocenters. The third kappa shape index (κ3) is 2.46. The van der Waals surface area contributed by atoms with Crippen LogP contribution in [-0.4, -0.2) is 41.4 Å². The van der Waals surface area contributed by atoms with Crippen molar-refractivity contribution in [2.75, 3.05) is 13.2 Å². The van der Waals surface area contributed by atoms with Gasteiger partial charge >= 0.3 is 12.1 Å². The van der Waals surface area contributed by atoms with Gasteiger partial charge in [-0.05, 0) is 6.42 Å². The maximum absolute atomic E-state index is 11.2. The summed E-state index contributed by atoms with van der Waals surface area (Å²) in [6.07, 6.45) is 1.26. The number of nitrogens with one attached hydrogen (secondary N) is 1. The number of hydrazine groups is 1. The zero-order valence-electron chi connectivity index (χ0n) is 7.60. The Bertz CT molecular complexity index is 254. The zero-order chi connectivity index (χ0) is 10.6. The van der Waals surface area contributed by atoms with E-state index in [1.807, 2.05) is 0 Å². The van der Waals surface area contributed by atoms with Gasteiger partial charge in [0.2, 0.25) is 0 Å². The minimum atomic E-state index is -0.968. The molecular weight excluding hydrogens is 188 g/mol. The molecule has 1 heterocycles. The first-order valence-corrected chi connectivity index (χ1v) is 4.19. The molecule has 6 nitrogen and oxygen atoms in total. The molecule has 0 bridgehead atoms. The number of carboxylic acid groups (broad SMARTS) is 1. The molecule has 0 radical (unpaired) electrons. The van der Waals surface area contributed by atoms with Crippen LogP contribution in [0.5, 0.6) is 0 Å². The van der Waals surface area contributed by atoms with E-state index in [2.05, 4.69) is 12.0 Å². The summed E-state index contributed by atoms with van der Waals surface area (Å²) in [5, 5.41) is 9.79. The van der Waals surface area contributed by atoms with Gasteiger partial charge in [-0.3, -0.25) is 4.79 Å². The number of ether oxygens (including phenoxy) is 1. The number of carboxylic acids is 1. The summed E-state index contributed by atoms with van der Waals surface area (Å²) in [4.78, 5) is 21.7. The summed E-state index contributed by atoms with van der Waals surface area (Å²) in [5.41, 5.74) is 2.52. The van der Waals surface area contributed by atoms with Crippen molar-refractivity contribution < 1.29 is 19.4 Å². The fraction of sp³-hybridized carbons (Fsp3) is 0.500. The molecule has 0 aromatic carbocycles. The van der Waals surface area contributed by atoms with E-state index in [-0.39, 0.29) is 6.61 Å². The predicted octanol–water partition coefficient (Wildman–Crippen LogP) is -0.0275. The maximum Gasteiger partial charge on any atom is 0.424 e. The number of amides is 1. The van der Waals surface area contributed by atoms with Crippen molar-refractivity contribution in [3.05, 3.63) is 12.7 Å². The van der Waals surface area contributed by atoms with Gasteiger partial charge in [-0.25, -0.2) is 15.2 Å². The van der Waals surface area contributed by atoms with E-state index in [0.29, 0.717) is 13.0 Å². The molecule has 0 saturated carbocycles. The highest BCUT2D eigenvalue weighted by Crippen LogP contribution is 2.06. The quantitative estimate of drug-likeness (QED) is 0.625. The van der Waals surface area contributed by atoms with Gasteiger partial charge in [0.25, 0.3) is 0 Å². The lowest BCUT2D eigenvalue weighted by atomic mass is 10.2. The van der Waals surface area contributed by atoms with Gasteiger partial charge in [0, 0.05) is 6.54 Å². The summed E-state index contributed by atoms with van der Waals surface area (Å²) in [7, 11) is 0. The second-order valence-corrected chi connectivity index (χ2v) is 2.83. The minimum absolute atomic E-state index is 0.120. The summed E-state index contributed by atoms with van der Waals surface area (Å²) in [5.74, 6) is -0.968. The molecule has 1 unspecified atom stereocenters. The Morgan fingerprint density at radius 3 is 2.93 bits per heavy atom. The van der Waals surface area contributed by atoms with Crippen LogP contribution in [0.15, 0.2) is 12.7 Å². The fourth-order valence-corrected chi connectivity index (χ4v) is 1.11. The van der Waals surface area contributed by atoms with E-state index in [1.165, 1.54) is 6.08 Å². The zero-order valence-corrected chi connectivity index (χ0v) is 7.60. The molecular formula is C8H12N2O4. The Morgan fingerprint density at radius 2 is 2.43 bits per heavy atom. The number of carbonyl (C=O) groups excluding carboxylic acids is 1. The predicted molar refractivity (Wildman–Crippen MR) is 47.4 cm³/mol. The van der Waals surface area contributed by atoms with E-state index >= 15 is 0 Å². The topological polar surface area (TPSA) is 78.9 Å². The molecule has 1 amide bonds. The SMILES string of the molecule is C=CCOC(=O)N1CCC(C(=O)O)N1. The molecule has 2 N–H and O–H groups in total. The summed E-state index contributed by atoms with van der Waals surface area (Å²) < 4.78 is 4.72. The lowest BCUT2D eigenvalue weighted by Crippen LogP contribution is -2.43. The Hall–Kier alpha value is -1.56. The highest BCUT2D eigenvalue weighted by atomic mass is 16.6. The van der Waals surface area contributed by atoms with Gasteiger partial charge in [-0.15, -0.1) is 0 Å². The normalized spacial score (nSPS) is 20.6. The molecule has 1 fully saturated rings. The number of hydrogen-bond donors (Lipinski definition) is 2. The van der Waals surface area contributed by atoms with E-state index in [1.54, 1.807) is 0 Å². The molecule has 1 rings (SSSR count). The largest absolute Gasteiger partial charge is 0.480 e. The van der Waals surface area contributed by atoms with Crippen molar-refractivity contribution in [3.63, 3.8) is 0 Å². The van der Waals surface area contributed by atoms with E-state index in [0.717, 1.165) is 5.01 Å². The van der Waals surface area contributed by atoms with E-state index < -0.39 is 18.1 Å². The standard InChI is InChI=1S/C8H12N2O4/c1-2-5-14-8(13)10-4-3-6(9-10)7(11)12/h2,6,9H,1,3-5H2,(H,11,12). The third-order valence-corrected chi connectivity index (χ3v) is 1.80. The summed E-state index contributed by atoms with van der Waals surface area (Å²) >= 11 is 0. The van der Waals surface area contributed by atoms with Gasteiger partial charge in [0.1, 0.15) is 12.6 Å². The molecule has 1 aliphatic heterocycles. The van der Waals surface area contributed by atoms with Crippen LogP contribution in [0, 0.1) is 0 Å². The Kier molecular flexibility index (Phi) is 3.47. The van der Waals surface area contributed by atoms with Crippen molar-refractivity contribution in [1.82, 2.24) is 10.4 Å². The lowest BCUT2D eigenvalue weighted by molar-refractivity contribution is -0.139. The molecule has 1 aliphatic rings. The molecule has 0 spiro atoms. The van der Waals surface area contributed by atoms with Gasteiger partial charge in [0.15, 0.2) is 0 Å². The van der Waals surface area contributed by atoms with Gasteiger partial charge in [-0.2, -0.15) is 0 Å². The van der Waals surface area contributed by atoms with Crippen LogP contribution in [0.3, 0.4) is 0 Å². The molecule has 6 heteroatoms. The Labute approximate surface area is 81.1 Å². The Morgan fingerprint density at radius 1 is 1.71 bits per heavy atom. The van der Waals surface area contributed by atoms with Crippen LogP contribution in [0.4, 0.5) is 4.79 Å². The summed E-state index contributed by atoms with van der Waals surface area (Å²) in [6, 6.07) is -0.703. The van der Waals surface area contributed by atoms with Crippen molar-refractivity contribution in [2.45, 2.75) is 12.5 Å². The van der Waals surface area contributed by atoms with E-state index in [4.69, 9.17) is 9.84 Å². The number of rotatable bonds is 3. The minimum Gasteiger partial charge on any atom is -0.480 e. The second-order valence-electron chi connectivity index (χ2n) is 2.83. The number of aliphatic carboxylic acids is 1. The second kappa shape index (κ2) is 4.61. The Balaban J connectivity index is 2.37. The average Bonchev–Trinajstić information content (AvgIpc) is 2.62. The first-order chi connectivity index (χ1) is 6.65. The van der Waals surface area contributed by atoms with Crippen LogP contribution in [0.2, 0.25) is 0 Å². The average molecular weight is 200 g/mol. The molecule has 1 saturated heterocycles. The molecule has 0 aliphatic carbocycles.